The van der Waals surface area contributed by atoms with Crippen molar-refractivity contribution in [2.75, 3.05) is 30.3 Å². The number of benzene rings is 4. The summed E-state index contributed by atoms with van der Waals surface area (Å²) in [6.45, 7) is 2.15. The van der Waals surface area contributed by atoms with Crippen LogP contribution in [0.3, 0.4) is 0 Å². The maximum atomic E-state index is 13.0. The predicted molar refractivity (Wildman–Crippen MR) is 212 cm³/mol. The fourth-order valence-corrected chi connectivity index (χ4v) is 6.07. The van der Waals surface area contributed by atoms with E-state index < -0.39 is 59.1 Å². The Morgan fingerprint density at radius 3 is 1.90 bits per heavy atom. The summed E-state index contributed by atoms with van der Waals surface area (Å²) in [5.74, 6) is -2.04. The highest BCUT2D eigenvalue weighted by Crippen LogP contribution is 2.48. The molecule has 18 heteroatoms. The van der Waals surface area contributed by atoms with Crippen molar-refractivity contribution in [3.05, 3.63) is 124 Å². The van der Waals surface area contributed by atoms with E-state index in [1.54, 1.807) is 62.4 Å². The van der Waals surface area contributed by atoms with Gasteiger partial charge in [0.2, 0.25) is 17.7 Å². The van der Waals surface area contributed by atoms with Crippen molar-refractivity contribution in [3.8, 4) is 17.1 Å². The number of carbonyl (C=O) groups excluding carboxylic acids is 3. The zero-order valence-corrected chi connectivity index (χ0v) is 32.9. The quantitative estimate of drug-likeness (QED) is 0.0566. The molecular formula is C42H38ClF6N7O4. The molecular weight excluding hydrogens is 816 g/mol. The number of hydrogen-bond acceptors (Lipinski definition) is 9. The van der Waals surface area contributed by atoms with E-state index in [1.165, 1.54) is 24.3 Å². The molecule has 6 rings (SSSR count). The van der Waals surface area contributed by atoms with Gasteiger partial charge in [-0.1, -0.05) is 74.0 Å². The molecule has 4 N–H and O–H groups in total. The summed E-state index contributed by atoms with van der Waals surface area (Å²) in [7, 11) is 0. The lowest BCUT2D eigenvalue weighted by Crippen LogP contribution is -2.44. The number of nitrogens with zero attached hydrogens (tertiary/aromatic N) is 3. The zero-order chi connectivity index (χ0) is 43.3. The number of halogens is 7. The van der Waals surface area contributed by atoms with Crippen LogP contribution in [0.2, 0.25) is 5.02 Å². The van der Waals surface area contributed by atoms with E-state index in [1.807, 2.05) is 12.1 Å². The lowest BCUT2D eigenvalue weighted by atomic mass is 9.93. The molecule has 4 aromatic carbocycles. The molecule has 314 valence electrons. The number of nitrogens with one attached hydrogen (secondary N) is 4. The molecule has 0 atom stereocenters. The largest absolute Gasteiger partial charge is 0.454 e. The van der Waals surface area contributed by atoms with Gasteiger partial charge in [0.15, 0.2) is 6.61 Å². The average Bonchev–Trinajstić information content (AvgIpc) is 3.98. The van der Waals surface area contributed by atoms with Gasteiger partial charge < -0.3 is 26.0 Å². The van der Waals surface area contributed by atoms with E-state index >= 15 is 0 Å². The Morgan fingerprint density at radius 1 is 0.733 bits per heavy atom. The van der Waals surface area contributed by atoms with Crippen molar-refractivity contribution in [2.45, 2.75) is 51.0 Å². The van der Waals surface area contributed by atoms with Gasteiger partial charge in [0.25, 0.3) is 11.8 Å². The van der Waals surface area contributed by atoms with Gasteiger partial charge in [0.05, 0.1) is 11.1 Å². The molecule has 60 heavy (non-hydrogen) atoms. The highest BCUT2D eigenvalue weighted by molar-refractivity contribution is 6.36. The van der Waals surface area contributed by atoms with Crippen molar-refractivity contribution in [2.24, 2.45) is 5.41 Å². The molecule has 1 aromatic heterocycles. The summed E-state index contributed by atoms with van der Waals surface area (Å²) in [6, 6.07) is 24.0. The molecule has 1 aliphatic rings. The van der Waals surface area contributed by atoms with Crippen molar-refractivity contribution in [1.29, 1.82) is 0 Å². The Morgan fingerprint density at radius 2 is 1.32 bits per heavy atom. The number of alkyl halides is 6. The number of carbonyl (C=O) groups is 3. The molecule has 0 radical (unpaired) electrons. The van der Waals surface area contributed by atoms with E-state index in [4.69, 9.17) is 16.3 Å². The Balaban J connectivity index is 0.993. The third-order valence-electron chi connectivity index (χ3n) is 9.45. The SMILES string of the molecule is CC(C)(CNC(=O)C(=O)Cc1ccc(-c2ccc(C(F)(F)F)cc2)cc1)CNC(=O)c1ccc(Nc2nc(NC3(c4ccc(Cl)cc4)CC3)nc(OCC(F)(F)F)n2)cc1. The third kappa shape index (κ3) is 11.9. The van der Waals surface area contributed by atoms with Crippen LogP contribution in [-0.4, -0.2) is 58.4 Å². The second-order valence-electron chi connectivity index (χ2n) is 15.0. The lowest BCUT2D eigenvalue weighted by molar-refractivity contribution is -0.154. The van der Waals surface area contributed by atoms with Crippen LogP contribution in [0.1, 0.15) is 53.7 Å². The normalized spacial score (nSPS) is 13.6. The van der Waals surface area contributed by atoms with Crippen LogP contribution in [0.15, 0.2) is 97.1 Å². The van der Waals surface area contributed by atoms with E-state index in [9.17, 15) is 40.7 Å². The molecule has 1 heterocycles. The van der Waals surface area contributed by atoms with Crippen LogP contribution in [0.5, 0.6) is 6.01 Å². The fraction of sp³-hybridized carbons (Fsp3) is 0.286. The first-order valence-corrected chi connectivity index (χ1v) is 18.9. The summed E-state index contributed by atoms with van der Waals surface area (Å²) in [6.07, 6.45) is -7.82. The molecule has 0 spiro atoms. The van der Waals surface area contributed by atoms with Gasteiger partial charge in [-0.05, 0) is 89.0 Å². The van der Waals surface area contributed by atoms with Crippen molar-refractivity contribution >= 4 is 46.8 Å². The molecule has 1 saturated carbocycles. The summed E-state index contributed by atoms with van der Waals surface area (Å²) >= 11 is 6.04. The van der Waals surface area contributed by atoms with E-state index in [-0.39, 0.29) is 37.0 Å². The molecule has 5 aromatic rings. The standard InChI is InChI=1S/C42H38ClF6N7O4/c1-39(2,23-51-35(59)33(57)21-25-3-5-26(6-4-25)27-7-11-30(12-8-27)42(47,48)49)22-50-34(58)28-9-17-32(18-10-28)52-36-53-37(55-38(54-36)60-24-41(44,45)46)56-40(19-20-40)29-13-15-31(43)16-14-29/h3-18H,19-24H2,1-2H3,(H,50,58)(H,51,59)(H2,52,53,54,55,56). The molecule has 11 nitrogen and oxygen atoms in total. The third-order valence-corrected chi connectivity index (χ3v) is 9.71. The van der Waals surface area contributed by atoms with Crippen molar-refractivity contribution in [3.63, 3.8) is 0 Å². The van der Waals surface area contributed by atoms with Crippen molar-refractivity contribution in [1.82, 2.24) is 25.6 Å². The van der Waals surface area contributed by atoms with Gasteiger partial charge in [-0.25, -0.2) is 0 Å². The first kappa shape index (κ1) is 43.4. The number of aromatic nitrogens is 3. The predicted octanol–water partition coefficient (Wildman–Crippen LogP) is 8.68. The van der Waals surface area contributed by atoms with Crippen LogP contribution >= 0.6 is 11.6 Å². The van der Waals surface area contributed by atoms with Crippen molar-refractivity contribution < 1.29 is 45.5 Å². The summed E-state index contributed by atoms with van der Waals surface area (Å²) in [4.78, 5) is 50.7. The van der Waals surface area contributed by atoms with Gasteiger partial charge in [0.1, 0.15) is 0 Å². The molecule has 1 fully saturated rings. The fourth-order valence-electron chi connectivity index (χ4n) is 5.94. The number of anilines is 3. The molecule has 0 saturated heterocycles. The Bertz CT molecular complexity index is 2320. The van der Waals surface area contributed by atoms with Crippen LogP contribution in [0.25, 0.3) is 11.1 Å². The van der Waals surface area contributed by atoms with Crippen LogP contribution in [0, 0.1) is 5.41 Å². The number of amides is 2. The first-order chi connectivity index (χ1) is 28.3. The molecule has 2 amide bonds. The highest BCUT2D eigenvalue weighted by Gasteiger charge is 2.45. The van der Waals surface area contributed by atoms with E-state index in [0.29, 0.717) is 27.4 Å². The van der Waals surface area contributed by atoms with Crippen LogP contribution < -0.4 is 26.0 Å². The zero-order valence-electron chi connectivity index (χ0n) is 32.1. The van der Waals surface area contributed by atoms with E-state index in [2.05, 4.69) is 36.2 Å². The molecule has 0 bridgehead atoms. The van der Waals surface area contributed by atoms with Crippen LogP contribution in [0.4, 0.5) is 43.9 Å². The summed E-state index contributed by atoms with van der Waals surface area (Å²) < 4.78 is 82.4. The second kappa shape index (κ2) is 17.6. The number of Topliss-reactive ketones (excluding diaryl/α,β-unsaturated/α-hetero) is 1. The topological polar surface area (TPSA) is 147 Å². The second-order valence-corrected chi connectivity index (χ2v) is 15.4. The number of ketones is 1. The number of ether oxygens (including phenoxy) is 1. The highest BCUT2D eigenvalue weighted by atomic mass is 35.5. The average molecular weight is 854 g/mol. The summed E-state index contributed by atoms with van der Waals surface area (Å²) in [5.41, 5.74) is 1.38. The lowest BCUT2D eigenvalue weighted by Gasteiger charge is -2.25. The minimum absolute atomic E-state index is 0.0109. The van der Waals surface area contributed by atoms with Gasteiger partial charge in [-0.2, -0.15) is 41.3 Å². The number of hydrogen-bond donors (Lipinski definition) is 4. The number of rotatable bonds is 16. The Hall–Kier alpha value is -6.23. The maximum Gasteiger partial charge on any atom is 0.422 e. The maximum absolute atomic E-state index is 13.0. The Kier molecular flexibility index (Phi) is 12.7. The first-order valence-electron chi connectivity index (χ1n) is 18.5. The molecule has 0 unspecified atom stereocenters. The molecule has 0 aliphatic heterocycles. The van der Waals surface area contributed by atoms with Gasteiger partial charge in [0, 0.05) is 35.8 Å². The molecule has 1 aliphatic carbocycles. The Labute approximate surface area is 345 Å². The van der Waals surface area contributed by atoms with Gasteiger partial charge in [-0.15, -0.1) is 0 Å². The van der Waals surface area contributed by atoms with Gasteiger partial charge >= 0.3 is 18.4 Å². The monoisotopic (exact) mass is 853 g/mol. The van der Waals surface area contributed by atoms with E-state index in [0.717, 1.165) is 30.5 Å². The van der Waals surface area contributed by atoms with Gasteiger partial charge in [-0.3, -0.25) is 14.4 Å². The van der Waals surface area contributed by atoms with Crippen LogP contribution in [-0.2, 0) is 27.7 Å². The summed E-state index contributed by atoms with van der Waals surface area (Å²) in [5, 5.41) is 12.1. The smallest absolute Gasteiger partial charge is 0.422 e. The minimum atomic E-state index is -4.63. The minimum Gasteiger partial charge on any atom is -0.454 e.